The molecule has 0 N–H and O–H groups in total. The van der Waals surface area contributed by atoms with Gasteiger partial charge in [0.15, 0.2) is 5.78 Å². The second-order valence-electron chi connectivity index (χ2n) is 9.37. The van der Waals surface area contributed by atoms with Gasteiger partial charge in [-0.25, -0.2) is 4.79 Å². The minimum absolute atomic E-state index is 0.0563. The van der Waals surface area contributed by atoms with Crippen molar-refractivity contribution in [2.24, 2.45) is 0 Å². The maximum absolute atomic E-state index is 12.2. The van der Waals surface area contributed by atoms with E-state index in [0.717, 1.165) is 41.5 Å². The summed E-state index contributed by atoms with van der Waals surface area (Å²) in [6.45, 7) is 18.5. The molecule has 0 atom stereocenters. The molecule has 2 aromatic carbocycles. The van der Waals surface area contributed by atoms with Crippen LogP contribution in [-0.4, -0.2) is 11.7 Å². The van der Waals surface area contributed by atoms with Crippen molar-refractivity contribution in [3.05, 3.63) is 93.6 Å². The van der Waals surface area contributed by atoms with Gasteiger partial charge >= 0.3 is 0 Å². The molecular formula is C37H54O2. The summed E-state index contributed by atoms with van der Waals surface area (Å²) in [6, 6.07) is 18.7. The van der Waals surface area contributed by atoms with Crippen molar-refractivity contribution in [3.8, 4) is 0 Å². The molecule has 0 aliphatic heterocycles. The topological polar surface area (TPSA) is 34.1 Å². The first-order valence-electron chi connectivity index (χ1n) is 15.3. The van der Waals surface area contributed by atoms with E-state index in [0.29, 0.717) is 5.57 Å². The highest BCUT2D eigenvalue weighted by atomic mass is 16.1. The average molecular weight is 531 g/mol. The Kier molecular flexibility index (Phi) is 20.3. The zero-order valence-corrected chi connectivity index (χ0v) is 26.4. The van der Waals surface area contributed by atoms with Crippen LogP contribution in [0.5, 0.6) is 0 Å². The van der Waals surface area contributed by atoms with Crippen LogP contribution >= 0.6 is 0 Å². The molecule has 0 bridgehead atoms. The van der Waals surface area contributed by atoms with Gasteiger partial charge in [-0.05, 0) is 68.2 Å². The fraction of sp³-hybridized carbons (Fsp3) is 0.486. The number of hydrogen-bond donors (Lipinski definition) is 0. The molecule has 4 rings (SSSR count). The van der Waals surface area contributed by atoms with E-state index in [2.05, 4.69) is 64.1 Å². The molecule has 1 saturated carbocycles. The molecule has 1 fully saturated rings. The highest BCUT2D eigenvalue weighted by Crippen LogP contribution is 2.43. The molecule has 2 aliphatic rings. The Morgan fingerprint density at radius 3 is 1.77 bits per heavy atom. The van der Waals surface area contributed by atoms with Crippen LogP contribution in [0.15, 0.2) is 76.9 Å². The molecule has 0 radical (unpaired) electrons. The molecule has 0 saturated heterocycles. The maximum atomic E-state index is 12.2. The molecule has 2 nitrogen and oxygen atoms in total. The van der Waals surface area contributed by atoms with Gasteiger partial charge in [0.05, 0.1) is 5.57 Å². The van der Waals surface area contributed by atoms with Crippen LogP contribution in [-0.2, 0) is 16.0 Å². The summed E-state index contributed by atoms with van der Waals surface area (Å²) in [7, 11) is 0. The van der Waals surface area contributed by atoms with Crippen LogP contribution in [0.4, 0.5) is 0 Å². The second kappa shape index (κ2) is 21.9. The Balaban J connectivity index is 0.000000745. The van der Waals surface area contributed by atoms with E-state index in [4.69, 9.17) is 0 Å². The van der Waals surface area contributed by atoms with E-state index in [1.54, 1.807) is 0 Å². The lowest BCUT2D eigenvalue weighted by Gasteiger charge is -2.22. The van der Waals surface area contributed by atoms with E-state index in [9.17, 15) is 9.59 Å². The normalized spacial score (nSPS) is 13.8. The van der Waals surface area contributed by atoms with Gasteiger partial charge in [0.25, 0.3) is 0 Å². The number of unbranched alkanes of at least 4 members (excludes halogenated alkanes) is 1. The van der Waals surface area contributed by atoms with Crippen molar-refractivity contribution >= 4 is 17.3 Å². The van der Waals surface area contributed by atoms with Crippen LogP contribution < -0.4 is 0 Å². The fourth-order valence-corrected chi connectivity index (χ4v) is 4.47. The Hall–Kier alpha value is -2.96. The minimum Gasteiger partial charge on any atom is -0.294 e. The van der Waals surface area contributed by atoms with Crippen LogP contribution in [0.2, 0.25) is 0 Å². The number of ketones is 1. The Morgan fingerprint density at radius 2 is 1.31 bits per heavy atom. The molecule has 0 heterocycles. The zero-order valence-electron chi connectivity index (χ0n) is 26.4. The summed E-state index contributed by atoms with van der Waals surface area (Å²) in [4.78, 5) is 23.6. The van der Waals surface area contributed by atoms with Crippen LogP contribution in [0, 0.1) is 6.92 Å². The third-order valence-electron chi connectivity index (χ3n) is 6.78. The van der Waals surface area contributed by atoms with Gasteiger partial charge in [-0.15, -0.1) is 0 Å². The number of Topliss-reactive ketones (excluding diaryl/α,β-unsaturated/α-hetero) is 1. The molecule has 2 heteroatoms. The summed E-state index contributed by atoms with van der Waals surface area (Å²) >= 11 is 0. The second-order valence-corrected chi connectivity index (χ2v) is 9.37. The zero-order chi connectivity index (χ0) is 29.6. The Bertz CT molecular complexity index is 1070. The van der Waals surface area contributed by atoms with Gasteiger partial charge in [0.1, 0.15) is 5.94 Å². The summed E-state index contributed by atoms with van der Waals surface area (Å²) in [5.41, 5.74) is 8.38. The molecule has 39 heavy (non-hydrogen) atoms. The molecule has 0 amide bonds. The van der Waals surface area contributed by atoms with Gasteiger partial charge in [0.2, 0.25) is 0 Å². The van der Waals surface area contributed by atoms with Gasteiger partial charge in [0, 0.05) is 17.6 Å². The molecule has 0 unspecified atom stereocenters. The van der Waals surface area contributed by atoms with Crippen molar-refractivity contribution in [2.45, 2.75) is 120 Å². The van der Waals surface area contributed by atoms with E-state index < -0.39 is 0 Å². The lowest BCUT2D eigenvalue weighted by atomic mass is 9.81. The van der Waals surface area contributed by atoms with Crippen molar-refractivity contribution in [1.29, 1.82) is 0 Å². The molecule has 214 valence electrons. The maximum Gasteiger partial charge on any atom is 0.164 e. The van der Waals surface area contributed by atoms with Crippen molar-refractivity contribution in [1.82, 2.24) is 0 Å². The highest BCUT2D eigenvalue weighted by Gasteiger charge is 2.30. The molecule has 0 aromatic heterocycles. The molecule has 2 aromatic rings. The lowest BCUT2D eigenvalue weighted by Crippen LogP contribution is -2.04. The molecule has 0 spiro atoms. The Labute approximate surface area is 240 Å². The first-order valence-corrected chi connectivity index (χ1v) is 15.3. The van der Waals surface area contributed by atoms with Gasteiger partial charge < -0.3 is 0 Å². The number of carbonyl (C=O) groups excluding carboxylic acids is 2. The molecule has 2 aliphatic carbocycles. The van der Waals surface area contributed by atoms with E-state index >= 15 is 0 Å². The standard InChI is InChI=1S/C21H22O2.C8H10.C4H10.2C2H6/c1-14-8-6-7-11-18(14)21(16-9-4-3-5-10-16)20-15(2)19(23)12-17(20)13-22;1-2-8-6-4-3-5-7-8;1-3-4-2;2*1-2/h6-8,11H,3-5,9-10,12H2,1-2H3;3-7H,2H2,1H3;3-4H2,1-2H3;2*1-2H3. The number of aryl methyl sites for hydroxylation is 2. The van der Waals surface area contributed by atoms with Gasteiger partial charge in [-0.2, -0.15) is 0 Å². The van der Waals surface area contributed by atoms with Crippen LogP contribution in [0.25, 0.3) is 5.57 Å². The van der Waals surface area contributed by atoms with Crippen molar-refractivity contribution < 1.29 is 9.59 Å². The first-order chi connectivity index (χ1) is 19.0. The average Bonchev–Trinajstić information content (AvgIpc) is 3.30. The van der Waals surface area contributed by atoms with Crippen LogP contribution in [0.3, 0.4) is 0 Å². The smallest absolute Gasteiger partial charge is 0.164 e. The third kappa shape index (κ3) is 11.8. The monoisotopic (exact) mass is 530 g/mol. The SMILES string of the molecule is CC.CC.CC1=C(C(=C2CCCCC2)c2ccccc2C)C(=C=O)CC1=O.CCCC.CCc1ccccc1. The number of benzene rings is 2. The summed E-state index contributed by atoms with van der Waals surface area (Å²) in [5, 5.41) is 0. The predicted octanol–water partition coefficient (Wildman–Crippen LogP) is 10.9. The van der Waals surface area contributed by atoms with Gasteiger partial charge in [-0.3, -0.25) is 4.79 Å². The fourth-order valence-electron chi connectivity index (χ4n) is 4.47. The lowest BCUT2D eigenvalue weighted by molar-refractivity contribution is -0.114. The number of hydrogen-bond acceptors (Lipinski definition) is 2. The van der Waals surface area contributed by atoms with E-state index in [1.807, 2.05) is 58.8 Å². The summed E-state index contributed by atoms with van der Waals surface area (Å²) in [5.74, 6) is 2.09. The van der Waals surface area contributed by atoms with Crippen LogP contribution in [0.1, 0.15) is 123 Å². The number of allylic oxidation sites excluding steroid dienone is 5. The highest BCUT2D eigenvalue weighted by molar-refractivity contribution is 6.10. The van der Waals surface area contributed by atoms with Crippen molar-refractivity contribution in [3.63, 3.8) is 0 Å². The summed E-state index contributed by atoms with van der Waals surface area (Å²) < 4.78 is 0. The van der Waals surface area contributed by atoms with E-state index in [-0.39, 0.29) is 12.2 Å². The first kappa shape index (κ1) is 36.0. The molecular weight excluding hydrogens is 476 g/mol. The number of carbonyl (C=O) groups is 1. The van der Waals surface area contributed by atoms with Gasteiger partial charge in [-0.1, -0.05) is 128 Å². The third-order valence-corrected chi connectivity index (χ3v) is 6.78. The predicted molar refractivity (Wildman–Crippen MR) is 172 cm³/mol. The largest absolute Gasteiger partial charge is 0.294 e. The Morgan fingerprint density at radius 1 is 0.769 bits per heavy atom. The van der Waals surface area contributed by atoms with Crippen molar-refractivity contribution in [2.75, 3.05) is 0 Å². The minimum atomic E-state index is 0.0563. The number of rotatable bonds is 4. The quantitative estimate of drug-likeness (QED) is 0.368. The van der Waals surface area contributed by atoms with E-state index in [1.165, 1.54) is 48.8 Å². The summed E-state index contributed by atoms with van der Waals surface area (Å²) in [6.07, 6.45) is 9.73.